The maximum atomic E-state index is 12.6. The number of nitrogens with one attached hydrogen (secondary N) is 1. The number of anilines is 1. The second-order valence-electron chi connectivity index (χ2n) is 6.89. The fourth-order valence-corrected chi connectivity index (χ4v) is 3.33. The number of ketones is 1. The Morgan fingerprint density at radius 2 is 1.74 bits per heavy atom. The summed E-state index contributed by atoms with van der Waals surface area (Å²) in [5.41, 5.74) is 4.54. The highest BCUT2D eigenvalue weighted by Gasteiger charge is 2.21. The molecule has 1 aliphatic rings. The summed E-state index contributed by atoms with van der Waals surface area (Å²) in [6, 6.07) is 12.7. The molecule has 0 aromatic heterocycles. The second-order valence-corrected chi connectivity index (χ2v) is 6.89. The third-order valence-electron chi connectivity index (χ3n) is 4.68. The van der Waals surface area contributed by atoms with E-state index in [1.807, 2.05) is 18.2 Å². The fourth-order valence-electron chi connectivity index (χ4n) is 3.33. The van der Waals surface area contributed by atoms with Crippen molar-refractivity contribution in [3.8, 4) is 0 Å². The number of esters is 1. The zero-order valence-electron chi connectivity index (χ0n) is 15.6. The Kier molecular flexibility index (Phi) is 5.69. The number of fused-ring (bicyclic) bond motifs is 1. The number of hydrogen-bond donors (Lipinski definition) is 1. The minimum atomic E-state index is -0.824. The molecule has 1 N–H and O–H groups in total. The van der Waals surface area contributed by atoms with Crippen molar-refractivity contribution in [2.45, 2.75) is 45.6 Å². The van der Waals surface area contributed by atoms with Crippen molar-refractivity contribution in [1.29, 1.82) is 0 Å². The van der Waals surface area contributed by atoms with Gasteiger partial charge in [-0.2, -0.15) is 0 Å². The van der Waals surface area contributed by atoms with Crippen LogP contribution in [0.1, 0.15) is 47.3 Å². The van der Waals surface area contributed by atoms with Gasteiger partial charge in [-0.3, -0.25) is 14.4 Å². The lowest BCUT2D eigenvalue weighted by molar-refractivity contribution is -0.145. The van der Waals surface area contributed by atoms with Crippen molar-refractivity contribution in [3.63, 3.8) is 0 Å². The molecule has 0 spiro atoms. The van der Waals surface area contributed by atoms with Gasteiger partial charge < -0.3 is 10.1 Å². The number of Topliss-reactive ketones (excluding diaryl/α,β-unsaturated/α-hetero) is 1. The van der Waals surface area contributed by atoms with Crippen molar-refractivity contribution in [2.24, 2.45) is 0 Å². The molecule has 1 atom stereocenters. The molecular formula is C22H23NO4. The molecular weight excluding hydrogens is 342 g/mol. The first-order valence-corrected chi connectivity index (χ1v) is 9.14. The Balaban J connectivity index is 1.57. The number of rotatable bonds is 6. The molecule has 140 valence electrons. The summed E-state index contributed by atoms with van der Waals surface area (Å²) in [7, 11) is 0. The predicted octanol–water partition coefficient (Wildman–Crippen LogP) is 3.49. The van der Waals surface area contributed by atoms with Gasteiger partial charge in [-0.1, -0.05) is 24.3 Å². The van der Waals surface area contributed by atoms with Gasteiger partial charge in [0, 0.05) is 18.2 Å². The Morgan fingerprint density at radius 1 is 1.04 bits per heavy atom. The Hall–Kier alpha value is -2.95. The maximum Gasteiger partial charge on any atom is 0.310 e. The Bertz CT molecular complexity index is 870. The third kappa shape index (κ3) is 4.82. The smallest absolute Gasteiger partial charge is 0.310 e. The molecule has 1 amide bonds. The van der Waals surface area contributed by atoms with Crippen molar-refractivity contribution in [1.82, 2.24) is 0 Å². The van der Waals surface area contributed by atoms with Crippen LogP contribution in [-0.4, -0.2) is 23.8 Å². The van der Waals surface area contributed by atoms with E-state index in [1.165, 1.54) is 18.1 Å². The Morgan fingerprint density at radius 3 is 2.44 bits per heavy atom. The van der Waals surface area contributed by atoms with Gasteiger partial charge >= 0.3 is 5.97 Å². The van der Waals surface area contributed by atoms with E-state index in [4.69, 9.17) is 4.74 Å². The third-order valence-corrected chi connectivity index (χ3v) is 4.68. The molecule has 0 heterocycles. The number of carbonyl (C=O) groups excluding carboxylic acids is 3. The molecule has 2 aromatic carbocycles. The summed E-state index contributed by atoms with van der Waals surface area (Å²) in [6.45, 7) is 3.04. The molecule has 0 bridgehead atoms. The van der Waals surface area contributed by atoms with E-state index in [2.05, 4.69) is 5.32 Å². The predicted molar refractivity (Wildman–Crippen MR) is 103 cm³/mol. The molecule has 5 nitrogen and oxygen atoms in total. The summed E-state index contributed by atoms with van der Waals surface area (Å²) in [4.78, 5) is 35.7. The summed E-state index contributed by atoms with van der Waals surface area (Å²) < 4.78 is 5.33. The van der Waals surface area contributed by atoms with E-state index in [-0.39, 0.29) is 18.1 Å². The molecule has 3 rings (SSSR count). The number of aryl methyl sites for hydroxylation is 2. The van der Waals surface area contributed by atoms with E-state index in [0.29, 0.717) is 11.3 Å². The van der Waals surface area contributed by atoms with Gasteiger partial charge in [-0.25, -0.2) is 0 Å². The number of benzene rings is 2. The quantitative estimate of drug-likeness (QED) is 0.628. The highest BCUT2D eigenvalue weighted by molar-refractivity contribution is 6.00. The van der Waals surface area contributed by atoms with Crippen molar-refractivity contribution in [2.75, 3.05) is 5.32 Å². The summed E-state index contributed by atoms with van der Waals surface area (Å²) in [5, 5.41) is 2.67. The van der Waals surface area contributed by atoms with Crippen LogP contribution in [0.15, 0.2) is 42.5 Å². The molecule has 0 saturated heterocycles. The van der Waals surface area contributed by atoms with E-state index >= 15 is 0 Å². The number of ether oxygens (including phenoxy) is 1. The Labute approximate surface area is 158 Å². The van der Waals surface area contributed by atoms with Crippen molar-refractivity contribution in [3.05, 3.63) is 64.7 Å². The monoisotopic (exact) mass is 365 g/mol. The molecule has 2 aromatic rings. The van der Waals surface area contributed by atoms with Gasteiger partial charge in [0.05, 0.1) is 6.42 Å². The van der Waals surface area contributed by atoms with E-state index < -0.39 is 12.1 Å². The van der Waals surface area contributed by atoms with E-state index in [9.17, 15) is 14.4 Å². The van der Waals surface area contributed by atoms with Crippen LogP contribution in [0.4, 0.5) is 5.69 Å². The van der Waals surface area contributed by atoms with E-state index in [1.54, 1.807) is 31.2 Å². The van der Waals surface area contributed by atoms with Gasteiger partial charge in [0.15, 0.2) is 6.10 Å². The largest absolute Gasteiger partial charge is 0.454 e. The molecule has 1 aliphatic carbocycles. The normalized spacial score (nSPS) is 13.6. The van der Waals surface area contributed by atoms with Crippen LogP contribution in [0.25, 0.3) is 0 Å². The minimum Gasteiger partial charge on any atom is -0.454 e. The second kappa shape index (κ2) is 8.16. The van der Waals surface area contributed by atoms with Crippen molar-refractivity contribution >= 4 is 23.3 Å². The molecule has 0 fully saturated rings. The lowest BCUT2D eigenvalue weighted by atomic mass is 10.0. The first-order chi connectivity index (χ1) is 12.9. The fraction of sp³-hybridized carbons (Fsp3) is 0.318. The molecule has 0 aliphatic heterocycles. The lowest BCUT2D eigenvalue weighted by Crippen LogP contribution is -2.25. The molecule has 0 radical (unpaired) electrons. The molecule has 0 unspecified atom stereocenters. The van der Waals surface area contributed by atoms with Gasteiger partial charge in [0.2, 0.25) is 11.7 Å². The van der Waals surface area contributed by atoms with Crippen LogP contribution >= 0.6 is 0 Å². The molecule has 0 saturated carbocycles. The molecule has 27 heavy (non-hydrogen) atoms. The van der Waals surface area contributed by atoms with Crippen LogP contribution in [0.5, 0.6) is 0 Å². The zero-order valence-corrected chi connectivity index (χ0v) is 15.6. The maximum absolute atomic E-state index is 12.6. The van der Waals surface area contributed by atoms with Gasteiger partial charge in [0.25, 0.3) is 0 Å². The summed E-state index contributed by atoms with van der Waals surface area (Å²) >= 11 is 0. The van der Waals surface area contributed by atoms with E-state index in [0.717, 1.165) is 24.8 Å². The summed E-state index contributed by atoms with van der Waals surface area (Å²) in [5.74, 6) is -0.788. The van der Waals surface area contributed by atoms with Gasteiger partial charge in [-0.15, -0.1) is 0 Å². The summed E-state index contributed by atoms with van der Waals surface area (Å²) in [6.07, 6.45) is 2.43. The van der Waals surface area contributed by atoms with Crippen LogP contribution in [0.2, 0.25) is 0 Å². The average molecular weight is 365 g/mol. The van der Waals surface area contributed by atoms with Crippen LogP contribution in [0.3, 0.4) is 0 Å². The van der Waals surface area contributed by atoms with Crippen LogP contribution < -0.4 is 5.32 Å². The van der Waals surface area contributed by atoms with Crippen LogP contribution in [0, 0.1) is 0 Å². The highest BCUT2D eigenvalue weighted by Crippen LogP contribution is 2.23. The number of carbonyl (C=O) groups is 3. The lowest BCUT2D eigenvalue weighted by Gasteiger charge is -2.13. The van der Waals surface area contributed by atoms with Crippen LogP contribution in [-0.2, 0) is 33.6 Å². The standard InChI is InChI=1S/C22H23NO4/c1-14(22(26)19-9-8-17-4-3-5-18(17)13-19)27-21(25)12-16-6-10-20(11-7-16)23-15(2)24/h6-11,13-14H,3-5,12H2,1-2H3,(H,23,24)/t14-/m1/s1. The van der Waals surface area contributed by atoms with Crippen molar-refractivity contribution < 1.29 is 19.1 Å². The SMILES string of the molecule is CC(=O)Nc1ccc(CC(=O)O[C@H](C)C(=O)c2ccc3c(c2)CCC3)cc1. The topological polar surface area (TPSA) is 72.5 Å². The number of hydrogen-bond acceptors (Lipinski definition) is 4. The van der Waals surface area contributed by atoms with Gasteiger partial charge in [-0.05, 0) is 61.1 Å². The highest BCUT2D eigenvalue weighted by atomic mass is 16.5. The minimum absolute atomic E-state index is 0.0716. The average Bonchev–Trinajstić information content (AvgIpc) is 3.09. The molecule has 5 heteroatoms. The first-order valence-electron chi connectivity index (χ1n) is 9.14. The first kappa shape index (κ1) is 18.8. The zero-order chi connectivity index (χ0) is 19.4. The van der Waals surface area contributed by atoms with Gasteiger partial charge in [0.1, 0.15) is 0 Å². The number of amides is 1.